The van der Waals surface area contributed by atoms with E-state index in [-0.39, 0.29) is 6.42 Å². The van der Waals surface area contributed by atoms with E-state index in [2.05, 4.69) is 15.3 Å². The van der Waals surface area contributed by atoms with Gasteiger partial charge in [-0.3, -0.25) is 4.79 Å². The lowest BCUT2D eigenvalue weighted by Gasteiger charge is -2.32. The Morgan fingerprint density at radius 2 is 2.05 bits per heavy atom. The predicted molar refractivity (Wildman–Crippen MR) is 71.1 cm³/mol. The molecule has 8 nitrogen and oxygen atoms in total. The average Bonchev–Trinajstić information content (AvgIpc) is 2.28. The Labute approximate surface area is 117 Å². The van der Waals surface area contributed by atoms with Gasteiger partial charge in [-0.25, -0.2) is 4.79 Å². The van der Waals surface area contributed by atoms with Crippen LogP contribution in [0.2, 0.25) is 0 Å². The van der Waals surface area contributed by atoms with E-state index in [0.29, 0.717) is 12.8 Å². The molecule has 1 aliphatic carbocycles. The van der Waals surface area contributed by atoms with Crippen LogP contribution in [-0.2, 0) is 9.53 Å². The van der Waals surface area contributed by atoms with Crippen LogP contribution in [0.15, 0.2) is 5.11 Å². The number of rotatable bonds is 3. The molecule has 3 atom stereocenters. The van der Waals surface area contributed by atoms with Crippen molar-refractivity contribution in [3.05, 3.63) is 10.4 Å². The highest BCUT2D eigenvalue weighted by molar-refractivity contribution is 5.71. The minimum atomic E-state index is -0.904. The Morgan fingerprint density at radius 1 is 1.40 bits per heavy atom. The number of carboxylic acid groups (broad SMARTS) is 1. The molecule has 112 valence electrons. The molecule has 20 heavy (non-hydrogen) atoms. The molecule has 1 saturated carbocycles. The summed E-state index contributed by atoms with van der Waals surface area (Å²) in [4.78, 5) is 25.4. The summed E-state index contributed by atoms with van der Waals surface area (Å²) in [5.74, 6) is -1.44. The molecule has 1 fully saturated rings. The van der Waals surface area contributed by atoms with Gasteiger partial charge in [0.2, 0.25) is 0 Å². The third kappa shape index (κ3) is 4.97. The number of nitrogens with zero attached hydrogens (tertiary/aromatic N) is 3. The maximum absolute atomic E-state index is 11.7. The number of aliphatic carboxylic acids is 1. The van der Waals surface area contributed by atoms with E-state index in [1.807, 2.05) is 0 Å². The zero-order chi connectivity index (χ0) is 15.3. The molecule has 8 heteroatoms. The maximum atomic E-state index is 11.7. The first-order valence-electron chi connectivity index (χ1n) is 6.49. The molecule has 2 N–H and O–H groups in total. The SMILES string of the molecule is CC(C)(C)OC(=O)NC1CCC(C(=O)O)CC1N=[N+]=[N-]. The van der Waals surface area contributed by atoms with E-state index >= 15 is 0 Å². The van der Waals surface area contributed by atoms with Crippen LogP contribution in [-0.4, -0.2) is 34.9 Å². The Hall–Kier alpha value is -1.95. The first-order chi connectivity index (χ1) is 9.23. The molecule has 3 unspecified atom stereocenters. The highest BCUT2D eigenvalue weighted by atomic mass is 16.6. The fourth-order valence-electron chi connectivity index (χ4n) is 2.19. The van der Waals surface area contributed by atoms with Crippen molar-refractivity contribution in [1.29, 1.82) is 0 Å². The molecule has 1 aliphatic rings. The molecule has 0 bridgehead atoms. The second-order valence-electron chi connectivity index (χ2n) is 5.87. The van der Waals surface area contributed by atoms with Crippen molar-refractivity contribution < 1.29 is 19.4 Å². The smallest absolute Gasteiger partial charge is 0.407 e. The van der Waals surface area contributed by atoms with Crippen LogP contribution < -0.4 is 5.32 Å². The first-order valence-corrected chi connectivity index (χ1v) is 6.49. The van der Waals surface area contributed by atoms with E-state index in [9.17, 15) is 9.59 Å². The zero-order valence-corrected chi connectivity index (χ0v) is 11.9. The number of alkyl carbamates (subject to hydrolysis) is 1. The van der Waals surface area contributed by atoms with Crippen molar-refractivity contribution in [3.8, 4) is 0 Å². The van der Waals surface area contributed by atoms with Crippen LogP contribution in [0.5, 0.6) is 0 Å². The summed E-state index contributed by atoms with van der Waals surface area (Å²) >= 11 is 0. The first kappa shape index (κ1) is 16.1. The average molecular weight is 284 g/mol. The van der Waals surface area contributed by atoms with Crippen molar-refractivity contribution in [2.24, 2.45) is 11.0 Å². The van der Waals surface area contributed by atoms with Gasteiger partial charge in [0.05, 0.1) is 12.0 Å². The van der Waals surface area contributed by atoms with Gasteiger partial charge in [-0.2, -0.15) is 0 Å². The second-order valence-corrected chi connectivity index (χ2v) is 5.87. The summed E-state index contributed by atoms with van der Waals surface area (Å²) in [5, 5.41) is 15.2. The van der Waals surface area contributed by atoms with Crippen LogP contribution in [0, 0.1) is 5.92 Å². The number of carbonyl (C=O) groups is 2. The lowest BCUT2D eigenvalue weighted by molar-refractivity contribution is -0.143. The molecule has 0 saturated heterocycles. The van der Waals surface area contributed by atoms with Gasteiger partial charge >= 0.3 is 12.1 Å². The van der Waals surface area contributed by atoms with Gasteiger partial charge in [0.25, 0.3) is 0 Å². The van der Waals surface area contributed by atoms with E-state index in [4.69, 9.17) is 15.4 Å². The Kier molecular flexibility index (Phi) is 5.21. The second kappa shape index (κ2) is 6.47. The van der Waals surface area contributed by atoms with E-state index in [1.165, 1.54) is 0 Å². The number of ether oxygens (including phenoxy) is 1. The number of hydrogen-bond donors (Lipinski definition) is 2. The van der Waals surface area contributed by atoms with Crippen LogP contribution >= 0.6 is 0 Å². The van der Waals surface area contributed by atoms with E-state index in [1.54, 1.807) is 20.8 Å². The highest BCUT2D eigenvalue weighted by Gasteiger charge is 2.34. The third-order valence-corrected chi connectivity index (χ3v) is 3.07. The van der Waals surface area contributed by atoms with Crippen molar-refractivity contribution in [2.75, 3.05) is 0 Å². The number of carboxylic acids is 1. The molecule has 0 aromatic carbocycles. The molecule has 0 heterocycles. The maximum Gasteiger partial charge on any atom is 0.407 e. The predicted octanol–water partition coefficient (Wildman–Crippen LogP) is 2.44. The normalized spacial score (nSPS) is 26.2. The summed E-state index contributed by atoms with van der Waals surface area (Å²) in [7, 11) is 0. The summed E-state index contributed by atoms with van der Waals surface area (Å²) in [5.41, 5.74) is 7.93. The van der Waals surface area contributed by atoms with Crippen LogP contribution in [0.25, 0.3) is 10.4 Å². The Bertz CT molecular complexity index is 426. The fourth-order valence-corrected chi connectivity index (χ4v) is 2.19. The Balaban J connectivity index is 2.66. The van der Waals surface area contributed by atoms with Crippen LogP contribution in [0.1, 0.15) is 40.0 Å². The number of azide groups is 1. The van der Waals surface area contributed by atoms with E-state index < -0.39 is 35.7 Å². The van der Waals surface area contributed by atoms with Crippen molar-refractivity contribution in [3.63, 3.8) is 0 Å². The molecule has 1 rings (SSSR count). The van der Waals surface area contributed by atoms with E-state index in [0.717, 1.165) is 0 Å². The summed E-state index contributed by atoms with van der Waals surface area (Å²) in [6.45, 7) is 5.25. The third-order valence-electron chi connectivity index (χ3n) is 3.07. The number of hydrogen-bond acceptors (Lipinski definition) is 4. The van der Waals surface area contributed by atoms with Gasteiger partial charge in [0.1, 0.15) is 5.60 Å². The monoisotopic (exact) mass is 284 g/mol. The van der Waals surface area contributed by atoms with Crippen LogP contribution in [0.3, 0.4) is 0 Å². The molecule has 0 radical (unpaired) electrons. The summed E-state index contributed by atoms with van der Waals surface area (Å²) in [6, 6.07) is -0.960. The minimum Gasteiger partial charge on any atom is -0.481 e. The number of nitrogens with one attached hydrogen (secondary N) is 1. The molecule has 0 aliphatic heterocycles. The van der Waals surface area contributed by atoms with Gasteiger partial charge in [0.15, 0.2) is 0 Å². The number of amides is 1. The van der Waals surface area contributed by atoms with Gasteiger partial charge in [-0.05, 0) is 45.6 Å². The van der Waals surface area contributed by atoms with Crippen molar-refractivity contribution >= 4 is 12.1 Å². The van der Waals surface area contributed by atoms with Gasteiger partial charge in [0, 0.05) is 11.0 Å². The quantitative estimate of drug-likeness (QED) is 0.469. The lowest BCUT2D eigenvalue weighted by atomic mass is 9.83. The summed E-state index contributed by atoms with van der Waals surface area (Å²) in [6.07, 6.45) is 0.516. The summed E-state index contributed by atoms with van der Waals surface area (Å²) < 4.78 is 5.14. The standard InChI is InChI=1S/C12H20N4O4/c1-12(2,3)20-11(19)14-8-5-4-7(10(17)18)6-9(8)15-16-13/h7-9H,4-6H2,1-3H3,(H,14,19)(H,17,18). The van der Waals surface area contributed by atoms with Crippen molar-refractivity contribution in [2.45, 2.75) is 57.7 Å². The number of carbonyl (C=O) groups excluding carboxylic acids is 1. The molecule has 0 aromatic rings. The molecular formula is C12H20N4O4. The molecular weight excluding hydrogens is 264 g/mol. The molecule has 0 aromatic heterocycles. The Morgan fingerprint density at radius 3 is 2.55 bits per heavy atom. The topological polar surface area (TPSA) is 124 Å². The van der Waals surface area contributed by atoms with Gasteiger partial charge in [-0.1, -0.05) is 5.11 Å². The fraction of sp³-hybridized carbons (Fsp3) is 0.833. The van der Waals surface area contributed by atoms with Gasteiger partial charge in [-0.15, -0.1) is 0 Å². The van der Waals surface area contributed by atoms with Gasteiger partial charge < -0.3 is 15.2 Å². The lowest BCUT2D eigenvalue weighted by Crippen LogP contribution is -2.48. The minimum absolute atomic E-state index is 0.222. The zero-order valence-electron chi connectivity index (χ0n) is 11.9. The van der Waals surface area contributed by atoms with Crippen LogP contribution in [0.4, 0.5) is 4.79 Å². The molecule has 1 amide bonds. The molecule has 0 spiro atoms. The largest absolute Gasteiger partial charge is 0.481 e. The highest BCUT2D eigenvalue weighted by Crippen LogP contribution is 2.27. The van der Waals surface area contributed by atoms with Crippen molar-refractivity contribution in [1.82, 2.24) is 5.32 Å².